The van der Waals surface area contributed by atoms with Crippen LogP contribution in [0.3, 0.4) is 0 Å². The molecule has 0 bridgehead atoms. The van der Waals surface area contributed by atoms with E-state index in [9.17, 15) is 22.4 Å². The average molecular weight is 540 g/mol. The highest BCUT2D eigenvalue weighted by molar-refractivity contribution is 7.16. The number of ether oxygens (including phenoxy) is 1. The first-order chi connectivity index (χ1) is 17.8. The van der Waals surface area contributed by atoms with Gasteiger partial charge in [0.1, 0.15) is 24.5 Å². The van der Waals surface area contributed by atoms with E-state index in [0.29, 0.717) is 18.2 Å². The second-order valence-corrected chi connectivity index (χ2v) is 10.9. The zero-order valence-electron chi connectivity index (χ0n) is 19.9. The summed E-state index contributed by atoms with van der Waals surface area (Å²) in [6.45, 7) is -2.98. The number of nitrogens with one attached hydrogen (secondary N) is 1. The first-order valence-electron chi connectivity index (χ1n) is 12.1. The molecule has 0 unspecified atom stereocenters. The molecule has 2 saturated carbocycles. The standard InChI is InChI=1S/C23H25F4N7O2S/c1-32-18(9-19(31-32)36-22(26)27)29-23-30-28-10-33(23)13-2-3-17-11(4-13)5-20(37-17)34(14-6-12(24)7-14)21(35)15-8-16(15)25/h5,9-10,12-16,22H,2-4,6-8H2,1H3,(H,29,30)/t12?,13-,14?,15-,16-/m0/s1. The van der Waals surface area contributed by atoms with E-state index in [1.807, 2.05) is 10.6 Å². The second kappa shape index (κ2) is 9.30. The largest absolute Gasteiger partial charge is 0.415 e. The first-order valence-corrected chi connectivity index (χ1v) is 13.0. The lowest BCUT2D eigenvalue weighted by Gasteiger charge is -2.39. The molecule has 3 aliphatic rings. The maximum absolute atomic E-state index is 13.7. The number of hydrogen-bond acceptors (Lipinski definition) is 7. The molecule has 0 aromatic carbocycles. The Morgan fingerprint density at radius 1 is 1.27 bits per heavy atom. The van der Waals surface area contributed by atoms with Gasteiger partial charge in [-0.15, -0.1) is 26.6 Å². The molecule has 3 heterocycles. The van der Waals surface area contributed by atoms with Crippen molar-refractivity contribution in [1.82, 2.24) is 24.5 Å². The van der Waals surface area contributed by atoms with E-state index in [4.69, 9.17) is 0 Å². The van der Waals surface area contributed by atoms with Gasteiger partial charge in [0, 0.05) is 30.1 Å². The molecule has 0 aliphatic heterocycles. The molecule has 0 spiro atoms. The quantitative estimate of drug-likeness (QED) is 0.429. The van der Waals surface area contributed by atoms with Gasteiger partial charge in [-0.3, -0.25) is 9.36 Å². The van der Waals surface area contributed by atoms with Crippen LogP contribution < -0.4 is 15.0 Å². The van der Waals surface area contributed by atoms with Gasteiger partial charge in [-0.25, -0.2) is 13.5 Å². The summed E-state index contributed by atoms with van der Waals surface area (Å²) >= 11 is 1.53. The number of aromatic nitrogens is 5. The summed E-state index contributed by atoms with van der Waals surface area (Å²) in [6.07, 6.45) is 2.63. The Bertz CT molecular complexity index is 1300. The Kier molecular flexibility index (Phi) is 6.08. The van der Waals surface area contributed by atoms with Crippen molar-refractivity contribution in [3.63, 3.8) is 0 Å². The molecular weight excluding hydrogens is 514 g/mol. The van der Waals surface area contributed by atoms with E-state index in [1.165, 1.54) is 22.1 Å². The van der Waals surface area contributed by atoms with E-state index in [2.05, 4.69) is 25.3 Å². The number of anilines is 3. The number of nitrogens with zero attached hydrogens (tertiary/aromatic N) is 6. The van der Waals surface area contributed by atoms with E-state index in [0.717, 1.165) is 28.3 Å². The molecule has 3 aromatic rings. The fourth-order valence-corrected chi connectivity index (χ4v) is 6.35. The number of halogens is 4. The Labute approximate surface area is 213 Å². The molecule has 3 aromatic heterocycles. The van der Waals surface area contributed by atoms with Crippen molar-refractivity contribution in [2.24, 2.45) is 13.0 Å². The van der Waals surface area contributed by atoms with Crippen LogP contribution in [0.25, 0.3) is 0 Å². The van der Waals surface area contributed by atoms with E-state index in [-0.39, 0.29) is 43.1 Å². The van der Waals surface area contributed by atoms with Crippen molar-refractivity contribution in [2.75, 3.05) is 10.2 Å². The Balaban J connectivity index is 1.20. The second-order valence-electron chi connectivity index (χ2n) is 9.78. The van der Waals surface area contributed by atoms with Gasteiger partial charge in [0.15, 0.2) is 0 Å². The zero-order valence-corrected chi connectivity index (χ0v) is 20.7. The lowest BCUT2D eigenvalue weighted by molar-refractivity contribution is -0.121. The van der Waals surface area contributed by atoms with E-state index >= 15 is 0 Å². The summed E-state index contributed by atoms with van der Waals surface area (Å²) in [6, 6.07) is 3.13. The summed E-state index contributed by atoms with van der Waals surface area (Å²) in [4.78, 5) is 15.8. The number of carbonyl (C=O) groups excluding carboxylic acids is 1. The predicted octanol–water partition coefficient (Wildman–Crippen LogP) is 4.34. The smallest absolute Gasteiger partial charge is 0.388 e. The average Bonchev–Trinajstić information content (AvgIpc) is 3.15. The van der Waals surface area contributed by atoms with Gasteiger partial charge in [0.2, 0.25) is 17.7 Å². The minimum atomic E-state index is -2.98. The highest BCUT2D eigenvalue weighted by Crippen LogP contribution is 2.45. The molecule has 37 heavy (non-hydrogen) atoms. The molecule has 0 radical (unpaired) electrons. The molecular formula is C23H25F4N7O2S. The third-order valence-corrected chi connectivity index (χ3v) is 8.48. The van der Waals surface area contributed by atoms with Crippen LogP contribution in [-0.4, -0.2) is 55.4 Å². The van der Waals surface area contributed by atoms with Gasteiger partial charge in [-0.1, -0.05) is 0 Å². The van der Waals surface area contributed by atoms with Gasteiger partial charge in [-0.2, -0.15) is 8.78 Å². The van der Waals surface area contributed by atoms with Crippen molar-refractivity contribution >= 4 is 34.0 Å². The Hall–Kier alpha value is -3.16. The fourth-order valence-electron chi connectivity index (χ4n) is 5.06. The minimum Gasteiger partial charge on any atom is -0.415 e. The number of thiophene rings is 1. The molecule has 3 atom stereocenters. The van der Waals surface area contributed by atoms with E-state index in [1.54, 1.807) is 18.3 Å². The fraction of sp³-hybridized carbons (Fsp3) is 0.565. The predicted molar refractivity (Wildman–Crippen MR) is 127 cm³/mol. The van der Waals surface area contributed by atoms with Crippen LogP contribution in [0.4, 0.5) is 34.3 Å². The van der Waals surface area contributed by atoms with Crippen LogP contribution in [0.5, 0.6) is 5.88 Å². The topological polar surface area (TPSA) is 90.1 Å². The van der Waals surface area contributed by atoms with Gasteiger partial charge in [-0.05, 0) is 50.2 Å². The Morgan fingerprint density at radius 3 is 2.76 bits per heavy atom. The van der Waals surface area contributed by atoms with Crippen molar-refractivity contribution < 1.29 is 27.1 Å². The SMILES string of the molecule is Cn1nc(OC(F)F)cc1Nc1nncn1[C@H]1CCc2sc(N(C(=O)[C@H]3C[C@@H]3F)C3CC(F)C3)cc2C1. The van der Waals surface area contributed by atoms with Gasteiger partial charge in [0.25, 0.3) is 0 Å². The van der Waals surface area contributed by atoms with Crippen molar-refractivity contribution in [1.29, 1.82) is 0 Å². The van der Waals surface area contributed by atoms with Crippen LogP contribution in [0, 0.1) is 5.92 Å². The summed E-state index contributed by atoms with van der Waals surface area (Å²) in [5, 5.41) is 15.9. The van der Waals surface area contributed by atoms with Crippen molar-refractivity contribution in [3.8, 4) is 5.88 Å². The van der Waals surface area contributed by atoms with Crippen molar-refractivity contribution in [2.45, 2.75) is 69.6 Å². The maximum Gasteiger partial charge on any atom is 0.388 e. The Morgan fingerprint density at radius 2 is 2.05 bits per heavy atom. The molecule has 3 aliphatic carbocycles. The molecule has 0 saturated heterocycles. The van der Waals surface area contributed by atoms with Gasteiger partial charge >= 0.3 is 6.61 Å². The monoisotopic (exact) mass is 539 g/mol. The third kappa shape index (κ3) is 4.66. The summed E-state index contributed by atoms with van der Waals surface area (Å²) in [7, 11) is 1.59. The highest BCUT2D eigenvalue weighted by Gasteiger charge is 2.49. The molecule has 198 valence electrons. The lowest BCUT2D eigenvalue weighted by atomic mass is 9.89. The molecule has 9 nitrogen and oxygen atoms in total. The maximum atomic E-state index is 13.7. The van der Waals surface area contributed by atoms with Crippen molar-refractivity contribution in [3.05, 3.63) is 28.9 Å². The lowest BCUT2D eigenvalue weighted by Crippen LogP contribution is -2.49. The number of rotatable bonds is 8. The van der Waals surface area contributed by atoms with Crippen LogP contribution in [0.15, 0.2) is 18.5 Å². The summed E-state index contributed by atoms with van der Waals surface area (Å²) in [5.41, 5.74) is 1.09. The van der Waals surface area contributed by atoms with Crippen LogP contribution in [0.1, 0.15) is 42.2 Å². The van der Waals surface area contributed by atoms with Gasteiger partial charge in [0.05, 0.1) is 10.9 Å². The molecule has 1 amide bonds. The summed E-state index contributed by atoms with van der Waals surface area (Å²) in [5.74, 6) is -0.232. The minimum absolute atomic E-state index is 0.0131. The number of fused-ring (bicyclic) bond motifs is 1. The van der Waals surface area contributed by atoms with E-state index < -0.39 is 24.9 Å². The van der Waals surface area contributed by atoms with Crippen LogP contribution in [0.2, 0.25) is 0 Å². The number of carbonyl (C=O) groups is 1. The zero-order chi connectivity index (χ0) is 25.8. The summed E-state index contributed by atoms with van der Waals surface area (Å²) < 4.78 is 60.0. The van der Waals surface area contributed by atoms with Gasteiger partial charge < -0.3 is 15.0 Å². The number of aryl methyl sites for hydroxylation is 2. The number of alkyl halides is 4. The molecule has 1 N–H and O–H groups in total. The normalized spacial score (nSPS) is 26.5. The molecule has 6 rings (SSSR count). The third-order valence-electron chi connectivity index (χ3n) is 7.24. The number of hydrogen-bond donors (Lipinski definition) is 1. The van der Waals surface area contributed by atoms with Crippen LogP contribution >= 0.6 is 11.3 Å². The van der Waals surface area contributed by atoms with Crippen LogP contribution in [-0.2, 0) is 24.7 Å². The molecule has 2 fully saturated rings. The first kappa shape index (κ1) is 24.2. The number of amides is 1. The highest BCUT2D eigenvalue weighted by atomic mass is 32.1. The molecule has 14 heteroatoms.